The molecule has 0 aliphatic rings. The summed E-state index contributed by atoms with van der Waals surface area (Å²) in [6.07, 6.45) is -4.79. The second-order valence-electron chi connectivity index (χ2n) is 3.40. The largest absolute Gasteiger partial charge is 0.416 e. The van der Waals surface area contributed by atoms with Crippen molar-refractivity contribution < 1.29 is 18.3 Å². The molecule has 15 heavy (non-hydrogen) atoms. The predicted octanol–water partition coefficient (Wildman–Crippen LogP) is 3.39. The number of hydrogen-bond donors (Lipinski definition) is 1. The first-order chi connectivity index (χ1) is 6.79. The second kappa shape index (κ2) is 4.53. The van der Waals surface area contributed by atoms with Crippen LogP contribution in [0.1, 0.15) is 18.1 Å². The Morgan fingerprint density at radius 1 is 1.33 bits per heavy atom. The van der Waals surface area contributed by atoms with Crippen molar-refractivity contribution in [2.45, 2.75) is 25.6 Å². The van der Waals surface area contributed by atoms with Crippen LogP contribution in [0.4, 0.5) is 13.2 Å². The van der Waals surface area contributed by atoms with Crippen molar-refractivity contribution in [2.24, 2.45) is 0 Å². The third kappa shape index (κ3) is 3.83. The lowest BCUT2D eigenvalue weighted by Gasteiger charge is -2.11. The van der Waals surface area contributed by atoms with Crippen LogP contribution in [0.25, 0.3) is 0 Å². The first kappa shape index (κ1) is 12.5. The van der Waals surface area contributed by atoms with E-state index in [2.05, 4.69) is 15.9 Å². The first-order valence-electron chi connectivity index (χ1n) is 4.34. The average molecular weight is 283 g/mol. The summed E-state index contributed by atoms with van der Waals surface area (Å²) in [6.45, 7) is 1.54. The Morgan fingerprint density at radius 2 is 1.93 bits per heavy atom. The van der Waals surface area contributed by atoms with Gasteiger partial charge < -0.3 is 5.11 Å². The highest BCUT2D eigenvalue weighted by Crippen LogP contribution is 2.32. The molecule has 0 bridgehead atoms. The van der Waals surface area contributed by atoms with E-state index < -0.39 is 17.8 Å². The fourth-order valence-electron chi connectivity index (χ4n) is 1.27. The van der Waals surface area contributed by atoms with E-state index in [4.69, 9.17) is 5.11 Å². The Labute approximate surface area is 94.0 Å². The van der Waals surface area contributed by atoms with Crippen molar-refractivity contribution >= 4 is 15.9 Å². The third-order valence-corrected chi connectivity index (χ3v) is 2.27. The van der Waals surface area contributed by atoms with Gasteiger partial charge in [0, 0.05) is 4.47 Å². The highest BCUT2D eigenvalue weighted by molar-refractivity contribution is 9.10. The molecule has 0 aliphatic heterocycles. The number of aliphatic hydroxyl groups excluding tert-OH is 1. The zero-order chi connectivity index (χ0) is 11.6. The van der Waals surface area contributed by atoms with Crippen molar-refractivity contribution in [1.82, 2.24) is 0 Å². The molecule has 1 nitrogen and oxygen atoms in total. The van der Waals surface area contributed by atoms with Crippen LogP contribution >= 0.6 is 15.9 Å². The van der Waals surface area contributed by atoms with Crippen molar-refractivity contribution in [3.8, 4) is 0 Å². The molecule has 0 heterocycles. The van der Waals surface area contributed by atoms with Crippen molar-refractivity contribution in [1.29, 1.82) is 0 Å². The van der Waals surface area contributed by atoms with Gasteiger partial charge in [-0.2, -0.15) is 13.2 Å². The fraction of sp³-hybridized carbons (Fsp3) is 0.400. The van der Waals surface area contributed by atoms with Gasteiger partial charge in [0.1, 0.15) is 0 Å². The monoisotopic (exact) mass is 282 g/mol. The lowest BCUT2D eigenvalue weighted by atomic mass is 10.1. The molecule has 84 valence electrons. The van der Waals surface area contributed by atoms with Crippen LogP contribution in [0.5, 0.6) is 0 Å². The van der Waals surface area contributed by atoms with Gasteiger partial charge in [-0.05, 0) is 37.1 Å². The minimum atomic E-state index is -4.35. The molecule has 5 heteroatoms. The summed E-state index contributed by atoms with van der Waals surface area (Å²) in [5, 5.41) is 9.09. The zero-order valence-corrected chi connectivity index (χ0v) is 9.56. The Kier molecular flexibility index (Phi) is 3.78. The third-order valence-electron chi connectivity index (χ3n) is 1.82. The van der Waals surface area contributed by atoms with Crippen molar-refractivity contribution in [2.75, 3.05) is 0 Å². The lowest BCUT2D eigenvalue weighted by Crippen LogP contribution is -2.08. The molecule has 1 aromatic rings. The molecule has 0 spiro atoms. The van der Waals surface area contributed by atoms with Gasteiger partial charge in [-0.25, -0.2) is 0 Å². The quantitative estimate of drug-likeness (QED) is 0.882. The summed E-state index contributed by atoms with van der Waals surface area (Å²) in [5.74, 6) is 0. The van der Waals surface area contributed by atoms with Crippen LogP contribution in [-0.4, -0.2) is 11.2 Å². The summed E-state index contributed by atoms with van der Waals surface area (Å²) in [4.78, 5) is 0. The maximum Gasteiger partial charge on any atom is 0.416 e. The number of alkyl halides is 3. The van der Waals surface area contributed by atoms with Gasteiger partial charge in [0.25, 0.3) is 0 Å². The normalized spacial score (nSPS) is 14.0. The molecule has 0 unspecified atom stereocenters. The molecular formula is C10H10BrF3O. The van der Waals surface area contributed by atoms with E-state index in [1.54, 1.807) is 6.07 Å². The number of benzene rings is 1. The molecule has 0 aromatic heterocycles. The molecule has 1 aromatic carbocycles. The van der Waals surface area contributed by atoms with E-state index in [-0.39, 0.29) is 6.42 Å². The molecule has 1 atom stereocenters. The summed E-state index contributed by atoms with van der Waals surface area (Å²) in [5.41, 5.74) is -0.237. The summed E-state index contributed by atoms with van der Waals surface area (Å²) in [7, 11) is 0. The Hall–Kier alpha value is -0.550. The molecule has 0 saturated heterocycles. The number of hydrogen-bond acceptors (Lipinski definition) is 1. The summed E-state index contributed by atoms with van der Waals surface area (Å²) < 4.78 is 37.6. The number of aliphatic hydroxyl groups is 1. The summed E-state index contributed by atoms with van der Waals surface area (Å²) >= 11 is 3.01. The Bertz CT molecular complexity index is 347. The summed E-state index contributed by atoms with van der Waals surface area (Å²) in [6, 6.07) is 3.64. The minimum Gasteiger partial charge on any atom is -0.393 e. The van der Waals surface area contributed by atoms with Gasteiger partial charge in [0.15, 0.2) is 0 Å². The van der Waals surface area contributed by atoms with Crippen LogP contribution in [0.2, 0.25) is 0 Å². The van der Waals surface area contributed by atoms with E-state index >= 15 is 0 Å². The van der Waals surface area contributed by atoms with Gasteiger partial charge >= 0.3 is 6.18 Å². The topological polar surface area (TPSA) is 20.2 Å². The van der Waals surface area contributed by atoms with Crippen LogP contribution in [0, 0.1) is 0 Å². The highest BCUT2D eigenvalue weighted by Gasteiger charge is 2.31. The van der Waals surface area contributed by atoms with Crippen molar-refractivity contribution in [3.63, 3.8) is 0 Å². The predicted molar refractivity (Wildman–Crippen MR) is 54.5 cm³/mol. The molecule has 1 N–H and O–H groups in total. The molecule has 0 amide bonds. The first-order valence-corrected chi connectivity index (χ1v) is 5.13. The maximum absolute atomic E-state index is 12.4. The Morgan fingerprint density at radius 3 is 2.40 bits per heavy atom. The van der Waals surface area contributed by atoms with E-state index in [9.17, 15) is 13.2 Å². The van der Waals surface area contributed by atoms with Crippen molar-refractivity contribution in [3.05, 3.63) is 33.8 Å². The number of halogens is 4. The molecule has 0 fully saturated rings. The minimum absolute atomic E-state index is 0.211. The SMILES string of the molecule is C[C@@H](O)Cc1cc(Br)cc(C(F)(F)F)c1. The molecule has 0 aliphatic carbocycles. The van der Waals surface area contributed by atoms with E-state index in [0.29, 0.717) is 10.0 Å². The molecule has 1 rings (SSSR count). The van der Waals surface area contributed by atoms with E-state index in [1.165, 1.54) is 6.92 Å². The average Bonchev–Trinajstić information content (AvgIpc) is 1.99. The standard InChI is InChI=1S/C10H10BrF3O/c1-6(15)2-7-3-8(10(12,13)14)5-9(11)4-7/h3-6,15H,2H2,1H3/t6-/m1/s1. The second-order valence-corrected chi connectivity index (χ2v) is 4.31. The van der Waals surface area contributed by atoms with Crippen LogP contribution < -0.4 is 0 Å². The maximum atomic E-state index is 12.4. The van der Waals surface area contributed by atoms with Gasteiger partial charge in [-0.3, -0.25) is 0 Å². The number of rotatable bonds is 2. The van der Waals surface area contributed by atoms with Crippen LogP contribution in [-0.2, 0) is 12.6 Å². The van der Waals surface area contributed by atoms with E-state index in [0.717, 1.165) is 12.1 Å². The molecule has 0 radical (unpaired) electrons. The zero-order valence-electron chi connectivity index (χ0n) is 7.98. The van der Waals surface area contributed by atoms with Gasteiger partial charge in [0.2, 0.25) is 0 Å². The van der Waals surface area contributed by atoms with Crippen LogP contribution in [0.15, 0.2) is 22.7 Å². The van der Waals surface area contributed by atoms with Gasteiger partial charge in [-0.15, -0.1) is 0 Å². The lowest BCUT2D eigenvalue weighted by molar-refractivity contribution is -0.137. The molecule has 0 saturated carbocycles. The Balaban J connectivity index is 3.06. The van der Waals surface area contributed by atoms with E-state index in [1.807, 2.05) is 0 Å². The molecular weight excluding hydrogens is 273 g/mol. The smallest absolute Gasteiger partial charge is 0.393 e. The fourth-order valence-corrected chi connectivity index (χ4v) is 1.81. The van der Waals surface area contributed by atoms with Gasteiger partial charge in [-0.1, -0.05) is 15.9 Å². The highest BCUT2D eigenvalue weighted by atomic mass is 79.9. The van der Waals surface area contributed by atoms with Crippen LogP contribution in [0.3, 0.4) is 0 Å². The van der Waals surface area contributed by atoms with Gasteiger partial charge in [0.05, 0.1) is 11.7 Å².